The summed E-state index contributed by atoms with van der Waals surface area (Å²) >= 11 is 0. The first kappa shape index (κ1) is 15.1. The zero-order chi connectivity index (χ0) is 16.1. The number of benzene rings is 2. The summed E-state index contributed by atoms with van der Waals surface area (Å²) in [6.45, 7) is 0.0720. The van der Waals surface area contributed by atoms with E-state index in [0.29, 0.717) is 11.4 Å². The van der Waals surface area contributed by atoms with Crippen molar-refractivity contribution in [1.29, 1.82) is 0 Å². The highest BCUT2D eigenvalue weighted by molar-refractivity contribution is 5.38. The fourth-order valence-corrected chi connectivity index (χ4v) is 2.20. The first-order chi connectivity index (χ1) is 11.3. The molecular weight excluding hydrogens is 294 g/mol. The Hall–Kier alpha value is -2.86. The molecule has 3 aromatic rings. The Bertz CT molecular complexity index is 755. The smallest absolute Gasteiger partial charge is 0.132 e. The van der Waals surface area contributed by atoms with E-state index in [4.69, 9.17) is 9.47 Å². The van der Waals surface area contributed by atoms with Crippen LogP contribution in [0.2, 0.25) is 0 Å². The van der Waals surface area contributed by atoms with Gasteiger partial charge in [-0.2, -0.15) is 0 Å². The van der Waals surface area contributed by atoms with Crippen molar-refractivity contribution < 1.29 is 14.6 Å². The predicted octanol–water partition coefficient (Wildman–Crippen LogP) is 2.35. The largest absolute Gasteiger partial charge is 0.497 e. The van der Waals surface area contributed by atoms with Crippen molar-refractivity contribution in [3.05, 3.63) is 66.0 Å². The van der Waals surface area contributed by atoms with Gasteiger partial charge in [-0.1, -0.05) is 23.4 Å². The SMILES string of the molecule is COc1ccc(-n2nnc(CO)c2COc2ccccc2)cc1. The minimum Gasteiger partial charge on any atom is -0.497 e. The van der Waals surface area contributed by atoms with Crippen molar-refractivity contribution in [1.82, 2.24) is 15.0 Å². The van der Waals surface area contributed by atoms with Crippen LogP contribution >= 0.6 is 0 Å². The number of aliphatic hydroxyl groups excluding tert-OH is 1. The average molecular weight is 311 g/mol. The van der Waals surface area contributed by atoms with Crippen LogP contribution in [0.4, 0.5) is 0 Å². The van der Waals surface area contributed by atoms with Crippen molar-refractivity contribution in [3.63, 3.8) is 0 Å². The van der Waals surface area contributed by atoms with Gasteiger partial charge in [0.05, 0.1) is 19.4 Å². The molecule has 2 aromatic carbocycles. The number of methoxy groups -OCH3 is 1. The Morgan fingerprint density at radius 1 is 1.00 bits per heavy atom. The molecule has 118 valence electrons. The molecule has 3 rings (SSSR count). The third-order valence-electron chi connectivity index (χ3n) is 3.43. The molecule has 0 amide bonds. The van der Waals surface area contributed by atoms with Crippen LogP contribution in [0.15, 0.2) is 54.6 Å². The third kappa shape index (κ3) is 3.32. The molecule has 1 heterocycles. The van der Waals surface area contributed by atoms with Crippen molar-refractivity contribution in [2.75, 3.05) is 7.11 Å². The normalized spacial score (nSPS) is 10.5. The van der Waals surface area contributed by atoms with E-state index in [9.17, 15) is 5.11 Å². The van der Waals surface area contributed by atoms with Crippen LogP contribution in [0, 0.1) is 0 Å². The molecule has 0 fully saturated rings. The van der Waals surface area contributed by atoms with E-state index in [2.05, 4.69) is 10.3 Å². The number of para-hydroxylation sites is 1. The second-order valence-electron chi connectivity index (χ2n) is 4.85. The molecule has 0 aliphatic rings. The van der Waals surface area contributed by atoms with Crippen LogP contribution in [-0.2, 0) is 13.2 Å². The number of hydrogen-bond acceptors (Lipinski definition) is 5. The zero-order valence-electron chi connectivity index (χ0n) is 12.7. The van der Waals surface area contributed by atoms with E-state index >= 15 is 0 Å². The molecule has 0 atom stereocenters. The van der Waals surface area contributed by atoms with E-state index in [0.717, 1.165) is 17.2 Å². The number of rotatable bonds is 6. The van der Waals surface area contributed by atoms with Gasteiger partial charge in [-0.3, -0.25) is 0 Å². The van der Waals surface area contributed by atoms with Gasteiger partial charge in [0.15, 0.2) is 0 Å². The maximum Gasteiger partial charge on any atom is 0.132 e. The maximum atomic E-state index is 9.47. The fraction of sp³-hybridized carbons (Fsp3) is 0.176. The number of aromatic nitrogens is 3. The summed E-state index contributed by atoms with van der Waals surface area (Å²) in [5.74, 6) is 1.51. The Morgan fingerprint density at radius 3 is 2.39 bits per heavy atom. The van der Waals surface area contributed by atoms with Crippen molar-refractivity contribution in [2.24, 2.45) is 0 Å². The first-order valence-corrected chi connectivity index (χ1v) is 7.18. The molecular formula is C17H17N3O3. The third-order valence-corrected chi connectivity index (χ3v) is 3.43. The minimum atomic E-state index is -0.191. The summed E-state index contributed by atoms with van der Waals surface area (Å²) in [5, 5.41) is 17.6. The molecule has 0 saturated carbocycles. The molecule has 1 N–H and O–H groups in total. The quantitative estimate of drug-likeness (QED) is 0.757. The van der Waals surface area contributed by atoms with Crippen LogP contribution in [-0.4, -0.2) is 27.2 Å². The molecule has 0 aliphatic heterocycles. The van der Waals surface area contributed by atoms with Crippen molar-refractivity contribution in [3.8, 4) is 17.2 Å². The van der Waals surface area contributed by atoms with E-state index in [1.807, 2.05) is 54.6 Å². The van der Waals surface area contributed by atoms with E-state index < -0.39 is 0 Å². The molecule has 0 bridgehead atoms. The Kier molecular flexibility index (Phi) is 4.54. The molecule has 0 spiro atoms. The van der Waals surface area contributed by atoms with Gasteiger partial charge in [-0.15, -0.1) is 5.10 Å². The first-order valence-electron chi connectivity index (χ1n) is 7.18. The minimum absolute atomic E-state index is 0.191. The van der Waals surface area contributed by atoms with Crippen LogP contribution in [0.5, 0.6) is 11.5 Å². The van der Waals surface area contributed by atoms with Gasteiger partial charge in [0.2, 0.25) is 0 Å². The van der Waals surface area contributed by atoms with Gasteiger partial charge in [0.25, 0.3) is 0 Å². The highest BCUT2D eigenvalue weighted by atomic mass is 16.5. The lowest BCUT2D eigenvalue weighted by molar-refractivity contribution is 0.263. The van der Waals surface area contributed by atoms with Gasteiger partial charge in [-0.25, -0.2) is 4.68 Å². The molecule has 6 heteroatoms. The summed E-state index contributed by atoms with van der Waals surface area (Å²) in [4.78, 5) is 0. The van der Waals surface area contributed by atoms with E-state index in [-0.39, 0.29) is 13.2 Å². The van der Waals surface area contributed by atoms with Crippen LogP contribution < -0.4 is 9.47 Å². The molecule has 0 aliphatic carbocycles. The number of hydrogen-bond donors (Lipinski definition) is 1. The fourth-order valence-electron chi connectivity index (χ4n) is 2.20. The lowest BCUT2D eigenvalue weighted by Gasteiger charge is -2.10. The lowest BCUT2D eigenvalue weighted by Crippen LogP contribution is -2.07. The molecule has 1 aromatic heterocycles. The van der Waals surface area contributed by atoms with E-state index in [1.54, 1.807) is 11.8 Å². The number of ether oxygens (including phenoxy) is 2. The van der Waals surface area contributed by atoms with Gasteiger partial charge in [-0.05, 0) is 36.4 Å². The summed E-state index contributed by atoms with van der Waals surface area (Å²) in [6.07, 6.45) is 0. The highest BCUT2D eigenvalue weighted by Gasteiger charge is 2.14. The van der Waals surface area contributed by atoms with Crippen LogP contribution in [0.1, 0.15) is 11.4 Å². The monoisotopic (exact) mass is 311 g/mol. The lowest BCUT2D eigenvalue weighted by atomic mass is 10.2. The summed E-state index contributed by atoms with van der Waals surface area (Å²) in [5.41, 5.74) is 2.03. The van der Waals surface area contributed by atoms with Crippen LogP contribution in [0.25, 0.3) is 5.69 Å². The number of nitrogens with zero attached hydrogens (tertiary/aromatic N) is 3. The summed E-state index contributed by atoms with van der Waals surface area (Å²) in [7, 11) is 1.62. The van der Waals surface area contributed by atoms with Gasteiger partial charge in [0, 0.05) is 0 Å². The number of aliphatic hydroxyl groups is 1. The van der Waals surface area contributed by atoms with Crippen LogP contribution in [0.3, 0.4) is 0 Å². The highest BCUT2D eigenvalue weighted by Crippen LogP contribution is 2.19. The second kappa shape index (κ2) is 6.93. The maximum absolute atomic E-state index is 9.47. The molecule has 0 unspecified atom stereocenters. The summed E-state index contributed by atoms with van der Waals surface area (Å²) < 4.78 is 12.6. The predicted molar refractivity (Wildman–Crippen MR) is 84.6 cm³/mol. The zero-order valence-corrected chi connectivity index (χ0v) is 12.7. The van der Waals surface area contributed by atoms with E-state index in [1.165, 1.54) is 0 Å². The Balaban J connectivity index is 1.87. The molecule has 0 saturated heterocycles. The molecule has 0 radical (unpaired) electrons. The summed E-state index contributed by atoms with van der Waals surface area (Å²) in [6, 6.07) is 16.9. The standard InChI is InChI=1S/C17H17N3O3/c1-22-14-9-7-13(8-10-14)20-17(16(11-21)18-19-20)12-23-15-5-3-2-4-6-15/h2-10,21H,11-12H2,1H3. The van der Waals surface area contributed by atoms with Crippen molar-refractivity contribution >= 4 is 0 Å². The topological polar surface area (TPSA) is 69.4 Å². The average Bonchev–Trinajstić information content (AvgIpc) is 3.04. The van der Waals surface area contributed by atoms with Gasteiger partial charge >= 0.3 is 0 Å². The Morgan fingerprint density at radius 2 is 1.74 bits per heavy atom. The molecule has 23 heavy (non-hydrogen) atoms. The second-order valence-corrected chi connectivity index (χ2v) is 4.85. The van der Waals surface area contributed by atoms with Gasteiger partial charge in [0.1, 0.15) is 29.5 Å². The van der Waals surface area contributed by atoms with Gasteiger partial charge < -0.3 is 14.6 Å². The Labute approximate surface area is 133 Å². The molecule has 6 nitrogen and oxygen atoms in total. The van der Waals surface area contributed by atoms with Crippen molar-refractivity contribution in [2.45, 2.75) is 13.2 Å².